The molecule has 0 saturated carbocycles. The summed E-state index contributed by atoms with van der Waals surface area (Å²) >= 11 is 1.21. The standard InChI is InChI=1S/C18H10O4S/c19-17-10-15(12-6-2-4-8-14(12)21-17)23-16-9-11-5-1-3-7-13(11)22-18(16)20/h1-10H. The van der Waals surface area contributed by atoms with Crippen molar-refractivity contribution in [2.75, 3.05) is 0 Å². The van der Waals surface area contributed by atoms with Crippen LogP contribution in [0.4, 0.5) is 0 Å². The van der Waals surface area contributed by atoms with E-state index in [1.165, 1.54) is 17.8 Å². The molecule has 0 N–H and O–H groups in total. The van der Waals surface area contributed by atoms with E-state index >= 15 is 0 Å². The Morgan fingerprint density at radius 3 is 2.35 bits per heavy atom. The zero-order chi connectivity index (χ0) is 15.8. The second-order valence-corrected chi connectivity index (χ2v) is 6.05. The van der Waals surface area contributed by atoms with Gasteiger partial charge in [-0.2, -0.15) is 0 Å². The number of rotatable bonds is 2. The fraction of sp³-hybridized carbons (Fsp3) is 0. The molecule has 5 heteroatoms. The minimum atomic E-state index is -0.448. The minimum absolute atomic E-state index is 0.425. The molecule has 4 nitrogen and oxygen atoms in total. The number of hydrogen-bond donors (Lipinski definition) is 0. The SMILES string of the molecule is O=c1cc(Sc2cc3ccccc3oc2=O)c2ccccc2o1. The number of para-hydroxylation sites is 2. The summed E-state index contributed by atoms with van der Waals surface area (Å²) in [6.45, 7) is 0. The molecule has 0 fully saturated rings. The normalized spacial score (nSPS) is 11.1. The van der Waals surface area contributed by atoms with Crippen molar-refractivity contribution in [2.45, 2.75) is 9.79 Å². The molecule has 0 amide bonds. The number of fused-ring (bicyclic) bond motifs is 2. The van der Waals surface area contributed by atoms with E-state index in [0.29, 0.717) is 21.0 Å². The molecule has 0 saturated heterocycles. The molecule has 2 heterocycles. The first kappa shape index (κ1) is 13.8. The highest BCUT2D eigenvalue weighted by Gasteiger charge is 2.11. The summed E-state index contributed by atoms with van der Waals surface area (Å²) in [6.07, 6.45) is 0. The van der Waals surface area contributed by atoms with Crippen molar-refractivity contribution < 1.29 is 8.83 Å². The molecule has 0 radical (unpaired) electrons. The molecule has 0 aliphatic rings. The molecule has 112 valence electrons. The van der Waals surface area contributed by atoms with Crippen LogP contribution in [0, 0.1) is 0 Å². The Morgan fingerprint density at radius 1 is 0.739 bits per heavy atom. The van der Waals surface area contributed by atoms with Crippen LogP contribution in [0.1, 0.15) is 0 Å². The quantitative estimate of drug-likeness (QED) is 0.521. The smallest absolute Gasteiger partial charge is 0.350 e. The van der Waals surface area contributed by atoms with Crippen molar-refractivity contribution in [3.63, 3.8) is 0 Å². The van der Waals surface area contributed by atoms with Gasteiger partial charge in [0.1, 0.15) is 11.2 Å². The van der Waals surface area contributed by atoms with E-state index in [9.17, 15) is 9.59 Å². The van der Waals surface area contributed by atoms with Crippen LogP contribution in [0.3, 0.4) is 0 Å². The molecule has 2 aromatic heterocycles. The van der Waals surface area contributed by atoms with Crippen molar-refractivity contribution in [3.05, 3.63) is 81.5 Å². The lowest BCUT2D eigenvalue weighted by Gasteiger charge is -2.05. The van der Waals surface area contributed by atoms with Gasteiger partial charge in [-0.05, 0) is 18.2 Å². The van der Waals surface area contributed by atoms with Crippen molar-refractivity contribution in [2.24, 2.45) is 0 Å². The lowest BCUT2D eigenvalue weighted by Crippen LogP contribution is -2.02. The maximum atomic E-state index is 12.2. The van der Waals surface area contributed by atoms with Gasteiger partial charge in [0.05, 0.1) is 4.90 Å². The van der Waals surface area contributed by atoms with Gasteiger partial charge in [0, 0.05) is 21.7 Å². The lowest BCUT2D eigenvalue weighted by atomic mass is 10.2. The molecular formula is C18H10O4S. The van der Waals surface area contributed by atoms with E-state index in [4.69, 9.17) is 8.83 Å². The van der Waals surface area contributed by atoms with Crippen molar-refractivity contribution in [1.29, 1.82) is 0 Å². The zero-order valence-electron chi connectivity index (χ0n) is 11.8. The van der Waals surface area contributed by atoms with Gasteiger partial charge < -0.3 is 8.83 Å². The first-order valence-corrected chi connectivity index (χ1v) is 7.76. The molecule has 0 bridgehead atoms. The van der Waals surface area contributed by atoms with Crippen LogP contribution in [0.25, 0.3) is 21.9 Å². The first-order chi connectivity index (χ1) is 11.2. The van der Waals surface area contributed by atoms with Gasteiger partial charge >= 0.3 is 11.3 Å². The van der Waals surface area contributed by atoms with E-state index in [1.807, 2.05) is 30.3 Å². The number of hydrogen-bond acceptors (Lipinski definition) is 5. The number of benzene rings is 2. The van der Waals surface area contributed by atoms with Crippen LogP contribution in [0.5, 0.6) is 0 Å². The highest BCUT2D eigenvalue weighted by Crippen LogP contribution is 2.31. The van der Waals surface area contributed by atoms with Gasteiger partial charge in [-0.1, -0.05) is 48.2 Å². The van der Waals surface area contributed by atoms with E-state index < -0.39 is 11.3 Å². The highest BCUT2D eigenvalue weighted by molar-refractivity contribution is 7.99. The van der Waals surface area contributed by atoms with Crippen LogP contribution in [-0.2, 0) is 0 Å². The van der Waals surface area contributed by atoms with E-state index in [1.54, 1.807) is 24.3 Å². The molecular weight excluding hydrogens is 312 g/mol. The first-order valence-electron chi connectivity index (χ1n) is 6.94. The average Bonchev–Trinajstić information content (AvgIpc) is 2.55. The zero-order valence-corrected chi connectivity index (χ0v) is 12.6. The third-order valence-corrected chi connectivity index (χ3v) is 4.50. The van der Waals surface area contributed by atoms with Crippen LogP contribution in [0.15, 0.2) is 88.9 Å². The molecule has 0 aliphatic heterocycles. The Labute approximate surface area is 134 Å². The maximum absolute atomic E-state index is 12.2. The second kappa shape index (κ2) is 5.44. The maximum Gasteiger partial charge on any atom is 0.350 e. The Kier molecular flexibility index (Phi) is 3.28. The fourth-order valence-electron chi connectivity index (χ4n) is 2.40. The molecule has 0 spiro atoms. The van der Waals surface area contributed by atoms with Gasteiger partial charge in [0.15, 0.2) is 0 Å². The monoisotopic (exact) mass is 322 g/mol. The van der Waals surface area contributed by atoms with Crippen molar-refractivity contribution in [1.82, 2.24) is 0 Å². The van der Waals surface area contributed by atoms with Gasteiger partial charge in [-0.15, -0.1) is 0 Å². The second-order valence-electron chi connectivity index (χ2n) is 4.96. The summed E-state index contributed by atoms with van der Waals surface area (Å²) in [6, 6.07) is 17.7. The Morgan fingerprint density at radius 2 is 1.48 bits per heavy atom. The summed E-state index contributed by atoms with van der Waals surface area (Å²) in [5.74, 6) is 0. The van der Waals surface area contributed by atoms with Crippen LogP contribution >= 0.6 is 11.8 Å². The van der Waals surface area contributed by atoms with E-state index in [0.717, 1.165) is 10.8 Å². The summed E-state index contributed by atoms with van der Waals surface area (Å²) < 4.78 is 10.5. The fourth-order valence-corrected chi connectivity index (χ4v) is 3.38. The van der Waals surface area contributed by atoms with Gasteiger partial charge in [-0.3, -0.25) is 0 Å². The van der Waals surface area contributed by atoms with Crippen LogP contribution < -0.4 is 11.3 Å². The topological polar surface area (TPSA) is 60.4 Å². The molecule has 4 rings (SSSR count). The van der Waals surface area contributed by atoms with Crippen LogP contribution in [-0.4, -0.2) is 0 Å². The van der Waals surface area contributed by atoms with Gasteiger partial charge in [0.2, 0.25) is 0 Å². The Bertz CT molecular complexity index is 1140. The molecule has 23 heavy (non-hydrogen) atoms. The van der Waals surface area contributed by atoms with E-state index in [-0.39, 0.29) is 0 Å². The largest absolute Gasteiger partial charge is 0.423 e. The average molecular weight is 322 g/mol. The van der Waals surface area contributed by atoms with E-state index in [2.05, 4.69) is 0 Å². The molecule has 2 aromatic carbocycles. The minimum Gasteiger partial charge on any atom is -0.423 e. The van der Waals surface area contributed by atoms with Crippen LogP contribution in [0.2, 0.25) is 0 Å². The summed E-state index contributed by atoms with van der Waals surface area (Å²) in [7, 11) is 0. The molecule has 0 atom stereocenters. The summed E-state index contributed by atoms with van der Waals surface area (Å²) in [4.78, 5) is 25.0. The Hall–Kier alpha value is -2.79. The van der Waals surface area contributed by atoms with Gasteiger partial charge in [-0.25, -0.2) is 9.59 Å². The predicted octanol–water partition coefficient (Wildman–Crippen LogP) is 4.05. The van der Waals surface area contributed by atoms with Crippen molar-refractivity contribution in [3.8, 4) is 0 Å². The summed E-state index contributed by atoms with van der Waals surface area (Å²) in [5.41, 5.74) is 0.161. The Balaban J connectivity index is 1.90. The summed E-state index contributed by atoms with van der Waals surface area (Å²) in [5, 5.41) is 1.62. The molecule has 0 unspecified atom stereocenters. The molecule has 4 aromatic rings. The van der Waals surface area contributed by atoms with Gasteiger partial charge in [0.25, 0.3) is 0 Å². The third-order valence-electron chi connectivity index (χ3n) is 3.44. The predicted molar refractivity (Wildman–Crippen MR) is 89.1 cm³/mol. The lowest BCUT2D eigenvalue weighted by molar-refractivity contribution is 0.543. The molecule has 0 aliphatic carbocycles. The van der Waals surface area contributed by atoms with Crippen molar-refractivity contribution >= 4 is 33.7 Å². The third kappa shape index (κ3) is 2.55. The highest BCUT2D eigenvalue weighted by atomic mass is 32.2.